The molecule has 1 saturated heterocycles. The van der Waals surface area contributed by atoms with Crippen LogP contribution in [0.5, 0.6) is 0 Å². The van der Waals surface area contributed by atoms with Crippen molar-refractivity contribution >= 4 is 11.6 Å². The van der Waals surface area contributed by atoms with Crippen LogP contribution < -0.4 is 0 Å². The first-order valence-electron chi connectivity index (χ1n) is 10.1. The first-order valence-corrected chi connectivity index (χ1v) is 10.1. The minimum absolute atomic E-state index is 0.0366. The van der Waals surface area contributed by atoms with Gasteiger partial charge in [0.1, 0.15) is 11.6 Å². The number of Topliss-reactive ketones (excluding diaryl/α,β-unsaturated/α-hetero) is 2. The standard InChI is InChI=1S/C22H27NO3/c24-19-7-6-17-13-21(12-16-4-2-1-3-5-16)14-18(19)22(17,15-20(21)25)23-8-10-26-11-9-23/h1-5,17-18H,6-15H2. The van der Waals surface area contributed by atoms with Crippen molar-refractivity contribution in [1.82, 2.24) is 4.90 Å². The quantitative estimate of drug-likeness (QED) is 0.838. The lowest BCUT2D eigenvalue weighted by Gasteiger charge is -2.66. The molecule has 26 heavy (non-hydrogen) atoms. The van der Waals surface area contributed by atoms with Crippen LogP contribution in [0, 0.1) is 17.3 Å². The van der Waals surface area contributed by atoms with Gasteiger partial charge in [-0.3, -0.25) is 14.5 Å². The summed E-state index contributed by atoms with van der Waals surface area (Å²) in [5.41, 5.74) is 0.697. The predicted molar refractivity (Wildman–Crippen MR) is 97.8 cm³/mol. The molecule has 4 saturated carbocycles. The number of carbonyl (C=O) groups is 2. The molecule has 0 aromatic heterocycles. The highest BCUT2D eigenvalue weighted by atomic mass is 16.5. The van der Waals surface area contributed by atoms with Crippen LogP contribution in [0.4, 0.5) is 0 Å². The van der Waals surface area contributed by atoms with Gasteiger partial charge >= 0.3 is 0 Å². The Kier molecular flexibility index (Phi) is 3.84. The van der Waals surface area contributed by atoms with Crippen molar-refractivity contribution < 1.29 is 14.3 Å². The van der Waals surface area contributed by atoms with Gasteiger partial charge in [-0.2, -0.15) is 0 Å². The Morgan fingerprint density at radius 3 is 2.62 bits per heavy atom. The van der Waals surface area contributed by atoms with E-state index in [-0.39, 0.29) is 16.9 Å². The minimum Gasteiger partial charge on any atom is -0.379 e. The lowest BCUT2D eigenvalue weighted by molar-refractivity contribution is -0.188. The monoisotopic (exact) mass is 353 g/mol. The summed E-state index contributed by atoms with van der Waals surface area (Å²) >= 11 is 0. The highest BCUT2D eigenvalue weighted by molar-refractivity contribution is 5.94. The lowest BCUT2D eigenvalue weighted by Crippen LogP contribution is -2.74. The number of hydrogen-bond donors (Lipinski definition) is 0. The van der Waals surface area contributed by atoms with Gasteiger partial charge in [-0.1, -0.05) is 30.3 Å². The van der Waals surface area contributed by atoms with E-state index in [0.29, 0.717) is 30.3 Å². The van der Waals surface area contributed by atoms with E-state index in [1.807, 2.05) is 18.2 Å². The van der Waals surface area contributed by atoms with Gasteiger partial charge in [0.25, 0.3) is 0 Å². The summed E-state index contributed by atoms with van der Waals surface area (Å²) in [4.78, 5) is 28.8. The number of rotatable bonds is 3. The van der Waals surface area contributed by atoms with Crippen molar-refractivity contribution in [2.45, 2.75) is 44.1 Å². The zero-order valence-electron chi connectivity index (χ0n) is 15.3. The van der Waals surface area contributed by atoms with Crippen LogP contribution in [0.2, 0.25) is 0 Å². The molecule has 4 heteroatoms. The molecule has 1 aromatic rings. The molecule has 6 rings (SSSR count). The van der Waals surface area contributed by atoms with Gasteiger partial charge in [-0.05, 0) is 37.2 Å². The van der Waals surface area contributed by atoms with Gasteiger partial charge in [0.05, 0.1) is 13.2 Å². The summed E-state index contributed by atoms with van der Waals surface area (Å²) in [5.74, 6) is 1.31. The van der Waals surface area contributed by atoms with Crippen molar-refractivity contribution in [2.24, 2.45) is 17.3 Å². The Labute approximate surface area is 154 Å². The number of nitrogens with zero attached hydrogens (tertiary/aromatic N) is 1. The maximum Gasteiger partial charge on any atom is 0.141 e. The lowest BCUT2D eigenvalue weighted by atomic mass is 9.43. The van der Waals surface area contributed by atoms with Crippen LogP contribution in [0.1, 0.15) is 37.7 Å². The second-order valence-corrected chi connectivity index (χ2v) is 8.80. The van der Waals surface area contributed by atoms with E-state index in [9.17, 15) is 9.59 Å². The van der Waals surface area contributed by atoms with E-state index in [2.05, 4.69) is 17.0 Å². The molecular formula is C22H27NO3. The molecule has 0 amide bonds. The van der Waals surface area contributed by atoms with Crippen molar-refractivity contribution in [2.75, 3.05) is 26.3 Å². The molecule has 1 heterocycles. The molecule has 1 aromatic carbocycles. The Balaban J connectivity index is 1.53. The van der Waals surface area contributed by atoms with Crippen LogP contribution in [0.15, 0.2) is 30.3 Å². The third-order valence-electron chi connectivity index (χ3n) is 7.69. The van der Waals surface area contributed by atoms with E-state index in [0.717, 1.165) is 52.0 Å². The van der Waals surface area contributed by atoms with Crippen molar-refractivity contribution in [1.29, 1.82) is 0 Å². The molecule has 4 unspecified atom stereocenters. The molecule has 4 bridgehead atoms. The molecule has 4 atom stereocenters. The highest BCUT2D eigenvalue weighted by Gasteiger charge is 2.68. The van der Waals surface area contributed by atoms with Gasteiger partial charge in [0.2, 0.25) is 0 Å². The first kappa shape index (κ1) is 16.6. The molecule has 4 nitrogen and oxygen atoms in total. The van der Waals surface area contributed by atoms with E-state index in [1.165, 1.54) is 5.56 Å². The maximum absolute atomic E-state index is 13.4. The van der Waals surface area contributed by atoms with Gasteiger partial charge in [0.15, 0.2) is 0 Å². The summed E-state index contributed by atoms with van der Waals surface area (Å²) in [5, 5.41) is 0. The fourth-order valence-corrected chi connectivity index (χ4v) is 6.56. The number of ether oxygens (including phenoxy) is 1. The summed E-state index contributed by atoms with van der Waals surface area (Å²) < 4.78 is 5.56. The number of carbonyl (C=O) groups excluding carboxylic acids is 2. The number of benzene rings is 1. The average molecular weight is 353 g/mol. The molecule has 4 aliphatic carbocycles. The fourth-order valence-electron chi connectivity index (χ4n) is 6.56. The van der Waals surface area contributed by atoms with Crippen molar-refractivity contribution in [3.8, 4) is 0 Å². The van der Waals surface area contributed by atoms with E-state index < -0.39 is 0 Å². The third-order valence-corrected chi connectivity index (χ3v) is 7.69. The molecule has 5 fully saturated rings. The van der Waals surface area contributed by atoms with E-state index in [4.69, 9.17) is 4.74 Å². The topological polar surface area (TPSA) is 46.6 Å². The zero-order valence-corrected chi connectivity index (χ0v) is 15.3. The van der Waals surface area contributed by atoms with Gasteiger partial charge < -0.3 is 4.74 Å². The van der Waals surface area contributed by atoms with E-state index in [1.54, 1.807) is 0 Å². The number of morpholine rings is 1. The van der Waals surface area contributed by atoms with E-state index >= 15 is 0 Å². The number of fused-ring (bicyclic) bond motifs is 1. The Hall–Kier alpha value is -1.52. The summed E-state index contributed by atoms with van der Waals surface area (Å²) in [7, 11) is 0. The Morgan fingerprint density at radius 1 is 1.08 bits per heavy atom. The van der Waals surface area contributed by atoms with Gasteiger partial charge in [-0.15, -0.1) is 0 Å². The molecule has 0 N–H and O–H groups in total. The molecule has 0 radical (unpaired) electrons. The van der Waals surface area contributed by atoms with Crippen LogP contribution in [-0.2, 0) is 20.7 Å². The summed E-state index contributed by atoms with van der Waals surface area (Å²) in [6.07, 6.45) is 4.75. The highest BCUT2D eigenvalue weighted by Crippen LogP contribution is 2.62. The Bertz CT molecular complexity index is 726. The van der Waals surface area contributed by atoms with Crippen LogP contribution in [0.25, 0.3) is 0 Å². The first-order chi connectivity index (χ1) is 12.6. The number of ketones is 2. The van der Waals surface area contributed by atoms with Crippen LogP contribution >= 0.6 is 0 Å². The fraction of sp³-hybridized carbons (Fsp3) is 0.636. The minimum atomic E-state index is -0.319. The predicted octanol–water partition coefficient (Wildman–Crippen LogP) is 2.65. The molecule has 1 aliphatic heterocycles. The Morgan fingerprint density at radius 2 is 1.85 bits per heavy atom. The van der Waals surface area contributed by atoms with Crippen molar-refractivity contribution in [3.05, 3.63) is 35.9 Å². The van der Waals surface area contributed by atoms with Crippen LogP contribution in [0.3, 0.4) is 0 Å². The second-order valence-electron chi connectivity index (χ2n) is 8.80. The van der Waals surface area contributed by atoms with Crippen molar-refractivity contribution in [3.63, 3.8) is 0 Å². The molecule has 5 aliphatic rings. The largest absolute Gasteiger partial charge is 0.379 e. The average Bonchev–Trinajstić information content (AvgIpc) is 2.67. The zero-order chi connectivity index (χ0) is 17.8. The SMILES string of the molecule is O=C1CCC2CC3(Cc4ccccc4)CC1C2(N1CCOCC1)CC3=O. The van der Waals surface area contributed by atoms with Crippen LogP contribution in [-0.4, -0.2) is 48.3 Å². The number of hydrogen-bond acceptors (Lipinski definition) is 4. The summed E-state index contributed by atoms with van der Waals surface area (Å²) in [6, 6.07) is 10.4. The smallest absolute Gasteiger partial charge is 0.141 e. The molecule has 0 spiro atoms. The van der Waals surface area contributed by atoms with Gasteiger partial charge in [-0.25, -0.2) is 0 Å². The second kappa shape index (κ2) is 6.00. The maximum atomic E-state index is 13.4. The normalized spacial score (nSPS) is 40.0. The molecular weight excluding hydrogens is 326 g/mol. The summed E-state index contributed by atoms with van der Waals surface area (Å²) in [6.45, 7) is 3.16. The third kappa shape index (κ3) is 2.28. The molecule has 138 valence electrons. The van der Waals surface area contributed by atoms with Gasteiger partial charge in [0, 0.05) is 42.8 Å².